The minimum absolute atomic E-state index is 0.230. The Hall–Kier alpha value is -1.46. The van der Waals surface area contributed by atoms with E-state index in [2.05, 4.69) is 23.2 Å². The summed E-state index contributed by atoms with van der Waals surface area (Å²) < 4.78 is 5.32. The zero-order chi connectivity index (χ0) is 11.1. The lowest BCUT2D eigenvalue weighted by molar-refractivity contribution is 0.402. The second-order valence-corrected chi connectivity index (χ2v) is 3.21. The molecule has 1 aromatic carbocycles. The van der Waals surface area contributed by atoms with Gasteiger partial charge in [-0.15, -0.1) is 11.8 Å². The largest absolute Gasteiger partial charge is 0.496 e. The first-order valence-electron chi connectivity index (χ1n) is 5.03. The fraction of sp³-hybridized carbons (Fsp3) is 0.385. The van der Waals surface area contributed by atoms with Crippen LogP contribution in [0.25, 0.3) is 0 Å². The first kappa shape index (κ1) is 11.6. The average Bonchev–Trinajstić information content (AvgIpc) is 2.30. The molecule has 2 heteroatoms. The number of nitrogens with one attached hydrogen (secondary N) is 1. The first-order valence-corrected chi connectivity index (χ1v) is 5.03. The third-order valence-corrected chi connectivity index (χ3v) is 2.35. The maximum absolute atomic E-state index is 5.32. The highest BCUT2D eigenvalue weighted by atomic mass is 16.5. The number of benzene rings is 1. The molecule has 0 fully saturated rings. The Bertz CT molecular complexity index is 362. The lowest BCUT2D eigenvalue weighted by atomic mass is 10.0. The van der Waals surface area contributed by atoms with E-state index < -0.39 is 0 Å². The van der Waals surface area contributed by atoms with Crippen LogP contribution in [0.15, 0.2) is 24.3 Å². The van der Waals surface area contributed by atoms with Crippen molar-refractivity contribution in [1.82, 2.24) is 5.32 Å². The van der Waals surface area contributed by atoms with Gasteiger partial charge in [-0.2, -0.15) is 0 Å². The molecule has 2 nitrogen and oxygen atoms in total. The molecule has 0 spiro atoms. The summed E-state index contributed by atoms with van der Waals surface area (Å²) in [4.78, 5) is 0. The zero-order valence-corrected chi connectivity index (χ0v) is 9.50. The molecule has 0 heterocycles. The van der Waals surface area contributed by atoms with Crippen LogP contribution in [-0.4, -0.2) is 14.2 Å². The number of methoxy groups -OCH3 is 1. The summed E-state index contributed by atoms with van der Waals surface area (Å²) in [6.45, 7) is 1.86. The zero-order valence-electron chi connectivity index (χ0n) is 9.50. The van der Waals surface area contributed by atoms with Crippen LogP contribution in [0.4, 0.5) is 0 Å². The van der Waals surface area contributed by atoms with Crippen molar-refractivity contribution >= 4 is 0 Å². The molecule has 1 rings (SSSR count). The Kier molecular flexibility index (Phi) is 4.73. The topological polar surface area (TPSA) is 21.3 Å². The summed E-state index contributed by atoms with van der Waals surface area (Å²) in [5.74, 6) is 6.90. The summed E-state index contributed by atoms with van der Waals surface area (Å²) in [5, 5.41) is 3.25. The van der Waals surface area contributed by atoms with Gasteiger partial charge in [0.1, 0.15) is 5.75 Å². The Balaban J connectivity index is 2.93. The van der Waals surface area contributed by atoms with Gasteiger partial charge in [0.25, 0.3) is 0 Å². The quantitative estimate of drug-likeness (QED) is 0.758. The predicted octanol–water partition coefficient (Wildman–Crippen LogP) is 2.37. The molecule has 0 aliphatic rings. The van der Waals surface area contributed by atoms with Crippen LogP contribution in [0.3, 0.4) is 0 Å². The standard InChI is InChI=1S/C13H17NO/c1-4-5-9-12(14-2)11-8-6-7-10-13(11)15-3/h6-8,10,12,14H,9H2,1-3H3. The van der Waals surface area contributed by atoms with Crippen molar-refractivity contribution in [3.05, 3.63) is 29.8 Å². The van der Waals surface area contributed by atoms with Crippen LogP contribution in [0, 0.1) is 11.8 Å². The highest BCUT2D eigenvalue weighted by Gasteiger charge is 2.11. The normalized spacial score (nSPS) is 11.4. The van der Waals surface area contributed by atoms with E-state index in [1.165, 1.54) is 0 Å². The average molecular weight is 203 g/mol. The molecule has 0 saturated heterocycles. The molecule has 0 saturated carbocycles. The molecule has 80 valence electrons. The molecule has 0 radical (unpaired) electrons. The molecule has 0 amide bonds. The lowest BCUT2D eigenvalue weighted by Gasteiger charge is -2.16. The molecule has 0 aliphatic heterocycles. The van der Waals surface area contributed by atoms with Crippen molar-refractivity contribution < 1.29 is 4.74 Å². The maximum Gasteiger partial charge on any atom is 0.123 e. The predicted molar refractivity (Wildman–Crippen MR) is 62.9 cm³/mol. The number of hydrogen-bond donors (Lipinski definition) is 1. The van der Waals surface area contributed by atoms with Gasteiger partial charge in [-0.25, -0.2) is 0 Å². The molecular formula is C13H17NO. The molecule has 15 heavy (non-hydrogen) atoms. The van der Waals surface area contributed by atoms with E-state index in [1.807, 2.05) is 32.2 Å². The highest BCUT2D eigenvalue weighted by Crippen LogP contribution is 2.26. The SMILES string of the molecule is CC#CCC(NC)c1ccccc1OC. The van der Waals surface area contributed by atoms with Gasteiger partial charge >= 0.3 is 0 Å². The van der Waals surface area contributed by atoms with Gasteiger partial charge in [0.2, 0.25) is 0 Å². The summed E-state index contributed by atoms with van der Waals surface area (Å²) in [5.41, 5.74) is 1.16. The minimum atomic E-state index is 0.230. The smallest absolute Gasteiger partial charge is 0.123 e. The Morgan fingerprint density at radius 3 is 2.73 bits per heavy atom. The van der Waals surface area contributed by atoms with Crippen LogP contribution < -0.4 is 10.1 Å². The van der Waals surface area contributed by atoms with Crippen molar-refractivity contribution in [2.24, 2.45) is 0 Å². The molecule has 1 unspecified atom stereocenters. The van der Waals surface area contributed by atoms with Crippen molar-refractivity contribution in [3.63, 3.8) is 0 Å². The Morgan fingerprint density at radius 2 is 2.13 bits per heavy atom. The molecule has 0 bridgehead atoms. The fourth-order valence-electron chi connectivity index (χ4n) is 1.53. The second-order valence-electron chi connectivity index (χ2n) is 3.21. The summed E-state index contributed by atoms with van der Waals surface area (Å²) in [6, 6.07) is 8.26. The first-order chi connectivity index (χ1) is 7.33. The summed E-state index contributed by atoms with van der Waals surface area (Å²) >= 11 is 0. The van der Waals surface area contributed by atoms with Gasteiger partial charge in [0.15, 0.2) is 0 Å². The van der Waals surface area contributed by atoms with Crippen LogP contribution >= 0.6 is 0 Å². The number of rotatable bonds is 4. The molecular weight excluding hydrogens is 186 g/mol. The monoisotopic (exact) mass is 203 g/mol. The highest BCUT2D eigenvalue weighted by molar-refractivity contribution is 5.36. The second kappa shape index (κ2) is 6.10. The molecule has 1 atom stereocenters. The van der Waals surface area contributed by atoms with Gasteiger partial charge in [-0.1, -0.05) is 18.2 Å². The number of para-hydroxylation sites is 1. The maximum atomic E-state index is 5.32. The Morgan fingerprint density at radius 1 is 1.40 bits per heavy atom. The molecule has 0 aliphatic carbocycles. The third kappa shape index (κ3) is 3.00. The third-order valence-electron chi connectivity index (χ3n) is 2.35. The van der Waals surface area contributed by atoms with Gasteiger partial charge in [0.05, 0.1) is 7.11 Å². The Labute approximate surface area is 91.6 Å². The molecule has 0 aromatic heterocycles. The summed E-state index contributed by atoms with van der Waals surface area (Å²) in [6.07, 6.45) is 0.799. The van der Waals surface area contributed by atoms with Gasteiger partial charge in [-0.05, 0) is 20.0 Å². The van der Waals surface area contributed by atoms with Crippen molar-refractivity contribution in [2.75, 3.05) is 14.2 Å². The molecule has 1 aromatic rings. The van der Waals surface area contributed by atoms with E-state index in [0.29, 0.717) is 0 Å². The number of ether oxygens (including phenoxy) is 1. The van der Waals surface area contributed by atoms with Crippen LogP contribution in [0.5, 0.6) is 5.75 Å². The van der Waals surface area contributed by atoms with Crippen molar-refractivity contribution in [2.45, 2.75) is 19.4 Å². The van der Waals surface area contributed by atoms with E-state index in [0.717, 1.165) is 17.7 Å². The minimum Gasteiger partial charge on any atom is -0.496 e. The van der Waals surface area contributed by atoms with E-state index in [-0.39, 0.29) is 6.04 Å². The van der Waals surface area contributed by atoms with Crippen LogP contribution in [0.2, 0.25) is 0 Å². The van der Waals surface area contributed by atoms with Gasteiger partial charge in [0, 0.05) is 18.0 Å². The lowest BCUT2D eigenvalue weighted by Crippen LogP contribution is -2.16. The van der Waals surface area contributed by atoms with E-state index >= 15 is 0 Å². The van der Waals surface area contributed by atoms with Gasteiger partial charge in [-0.3, -0.25) is 0 Å². The van der Waals surface area contributed by atoms with Crippen LogP contribution in [0.1, 0.15) is 24.9 Å². The van der Waals surface area contributed by atoms with E-state index in [1.54, 1.807) is 7.11 Å². The van der Waals surface area contributed by atoms with Crippen LogP contribution in [-0.2, 0) is 0 Å². The summed E-state index contributed by atoms with van der Waals surface area (Å²) in [7, 11) is 3.63. The number of hydrogen-bond acceptors (Lipinski definition) is 2. The van der Waals surface area contributed by atoms with E-state index in [9.17, 15) is 0 Å². The van der Waals surface area contributed by atoms with E-state index in [4.69, 9.17) is 4.74 Å². The molecule has 1 N–H and O–H groups in total. The van der Waals surface area contributed by atoms with Crippen molar-refractivity contribution in [1.29, 1.82) is 0 Å². The van der Waals surface area contributed by atoms with Crippen molar-refractivity contribution in [3.8, 4) is 17.6 Å². The van der Waals surface area contributed by atoms with Gasteiger partial charge < -0.3 is 10.1 Å². The fourth-order valence-corrected chi connectivity index (χ4v) is 1.53.